The van der Waals surface area contributed by atoms with Crippen molar-refractivity contribution in [2.75, 3.05) is 19.6 Å². The molecule has 0 unspecified atom stereocenters. The van der Waals surface area contributed by atoms with Crippen LogP contribution in [0, 0.1) is 0 Å². The average molecular weight is 385 g/mol. The lowest BCUT2D eigenvalue weighted by Gasteiger charge is -2.45. The molecule has 0 saturated carbocycles. The van der Waals surface area contributed by atoms with Crippen molar-refractivity contribution in [3.63, 3.8) is 0 Å². The number of pyridine rings is 1. The normalized spacial score (nSPS) is 23.1. The van der Waals surface area contributed by atoms with Gasteiger partial charge in [0.15, 0.2) is 0 Å². The zero-order chi connectivity index (χ0) is 18.8. The molecule has 2 saturated heterocycles. The maximum atomic E-state index is 12.9. The Kier molecular flexibility index (Phi) is 5.09. The summed E-state index contributed by atoms with van der Waals surface area (Å²) in [5.41, 5.74) is 2.13. The molecule has 27 heavy (non-hydrogen) atoms. The fourth-order valence-electron chi connectivity index (χ4n) is 3.74. The van der Waals surface area contributed by atoms with Crippen molar-refractivity contribution in [3.05, 3.63) is 64.9 Å². The highest BCUT2D eigenvalue weighted by atomic mass is 35.5. The molecule has 1 aromatic heterocycles. The lowest BCUT2D eigenvalue weighted by atomic mass is 9.98. The van der Waals surface area contributed by atoms with Crippen LogP contribution in [0.15, 0.2) is 48.8 Å². The molecule has 2 amide bonds. The van der Waals surface area contributed by atoms with E-state index in [1.54, 1.807) is 29.4 Å². The molecular formula is C20H21ClN4O2. The summed E-state index contributed by atoms with van der Waals surface area (Å²) >= 11 is 5.92. The SMILES string of the molecule is O=C1N[C@@H](Cc2ccc(Cl)cc2)C(=O)N2CCN(Cc3ccncc3)C[C@H]12. The van der Waals surface area contributed by atoms with E-state index in [2.05, 4.69) is 15.2 Å². The minimum atomic E-state index is -0.512. The first kappa shape index (κ1) is 17.9. The second-order valence-electron chi connectivity index (χ2n) is 7.03. The fourth-order valence-corrected chi connectivity index (χ4v) is 3.87. The topological polar surface area (TPSA) is 65.5 Å². The fraction of sp³-hybridized carbons (Fsp3) is 0.350. The molecule has 1 aromatic carbocycles. The van der Waals surface area contributed by atoms with Crippen LogP contribution in [0.3, 0.4) is 0 Å². The quantitative estimate of drug-likeness (QED) is 0.867. The van der Waals surface area contributed by atoms with Gasteiger partial charge < -0.3 is 10.2 Å². The second-order valence-corrected chi connectivity index (χ2v) is 7.47. The number of halogens is 1. The van der Waals surface area contributed by atoms with Gasteiger partial charge in [0.05, 0.1) is 0 Å². The molecule has 2 atom stereocenters. The molecule has 3 heterocycles. The van der Waals surface area contributed by atoms with Gasteiger partial charge in [0.25, 0.3) is 0 Å². The molecule has 0 aliphatic carbocycles. The number of benzene rings is 1. The van der Waals surface area contributed by atoms with Crippen molar-refractivity contribution < 1.29 is 9.59 Å². The van der Waals surface area contributed by atoms with Gasteiger partial charge in [-0.15, -0.1) is 0 Å². The summed E-state index contributed by atoms with van der Waals surface area (Å²) in [6.07, 6.45) is 4.01. The number of piperazine rings is 2. The van der Waals surface area contributed by atoms with Crippen molar-refractivity contribution >= 4 is 23.4 Å². The number of hydrogen-bond acceptors (Lipinski definition) is 4. The Morgan fingerprint density at radius 1 is 1.04 bits per heavy atom. The molecule has 2 aliphatic heterocycles. The lowest BCUT2D eigenvalue weighted by Crippen LogP contribution is -2.69. The molecule has 2 fully saturated rings. The lowest BCUT2D eigenvalue weighted by molar-refractivity contribution is -0.153. The van der Waals surface area contributed by atoms with Crippen molar-refractivity contribution in [3.8, 4) is 0 Å². The summed E-state index contributed by atoms with van der Waals surface area (Å²) in [6, 6.07) is 10.4. The molecule has 1 N–H and O–H groups in total. The molecule has 7 heteroatoms. The summed E-state index contributed by atoms with van der Waals surface area (Å²) < 4.78 is 0. The van der Waals surface area contributed by atoms with Crippen LogP contribution in [0.5, 0.6) is 0 Å². The van der Waals surface area contributed by atoms with E-state index in [-0.39, 0.29) is 11.8 Å². The zero-order valence-electron chi connectivity index (χ0n) is 14.8. The third kappa shape index (κ3) is 3.96. The van der Waals surface area contributed by atoms with Gasteiger partial charge in [-0.2, -0.15) is 0 Å². The number of aromatic nitrogens is 1. The van der Waals surface area contributed by atoms with E-state index < -0.39 is 12.1 Å². The number of nitrogens with zero attached hydrogens (tertiary/aromatic N) is 3. The average Bonchev–Trinajstić information content (AvgIpc) is 2.68. The van der Waals surface area contributed by atoms with Gasteiger partial charge in [0, 0.05) is 50.0 Å². The molecule has 4 rings (SSSR count). The van der Waals surface area contributed by atoms with Gasteiger partial charge in [0.2, 0.25) is 11.8 Å². The summed E-state index contributed by atoms with van der Waals surface area (Å²) in [7, 11) is 0. The van der Waals surface area contributed by atoms with Crippen molar-refractivity contribution in [1.82, 2.24) is 20.1 Å². The smallest absolute Gasteiger partial charge is 0.246 e. The van der Waals surface area contributed by atoms with Crippen molar-refractivity contribution in [2.45, 2.75) is 25.0 Å². The first-order valence-corrected chi connectivity index (χ1v) is 9.44. The first-order chi connectivity index (χ1) is 13.1. The molecule has 140 valence electrons. The zero-order valence-corrected chi connectivity index (χ0v) is 15.6. The van der Waals surface area contributed by atoms with Crippen LogP contribution in [0.4, 0.5) is 0 Å². The van der Waals surface area contributed by atoms with E-state index in [9.17, 15) is 9.59 Å². The predicted molar refractivity (Wildman–Crippen MR) is 102 cm³/mol. The minimum Gasteiger partial charge on any atom is -0.342 e. The molecule has 0 bridgehead atoms. The van der Waals surface area contributed by atoms with Crippen molar-refractivity contribution in [2.24, 2.45) is 0 Å². The van der Waals surface area contributed by atoms with E-state index in [0.29, 0.717) is 24.5 Å². The van der Waals surface area contributed by atoms with Crippen LogP contribution in [0.1, 0.15) is 11.1 Å². The Bertz CT molecular complexity index is 828. The molecule has 0 radical (unpaired) electrons. The Morgan fingerprint density at radius 3 is 2.52 bits per heavy atom. The second kappa shape index (κ2) is 7.66. The third-order valence-corrected chi connectivity index (χ3v) is 5.43. The standard InChI is InChI=1S/C20H21ClN4O2/c21-16-3-1-14(2-4-16)11-17-20(27)25-10-9-24(13-18(25)19(26)23-17)12-15-5-7-22-8-6-15/h1-8,17-18H,9-13H2,(H,23,26)/t17-,18+/m0/s1. The molecule has 2 aliphatic rings. The Labute approximate surface area is 163 Å². The van der Waals surface area contributed by atoms with Gasteiger partial charge in [-0.05, 0) is 35.4 Å². The summed E-state index contributed by atoms with van der Waals surface area (Å²) in [6.45, 7) is 2.63. The minimum absolute atomic E-state index is 0.00175. The largest absolute Gasteiger partial charge is 0.342 e. The summed E-state index contributed by atoms with van der Waals surface area (Å²) in [5, 5.41) is 3.57. The molecular weight excluding hydrogens is 364 g/mol. The number of carbonyl (C=O) groups excluding carboxylic acids is 2. The van der Waals surface area contributed by atoms with Crippen LogP contribution < -0.4 is 5.32 Å². The highest BCUT2D eigenvalue weighted by molar-refractivity contribution is 6.30. The Balaban J connectivity index is 1.42. The van der Waals surface area contributed by atoms with E-state index >= 15 is 0 Å². The van der Waals surface area contributed by atoms with Gasteiger partial charge in [-0.1, -0.05) is 23.7 Å². The van der Waals surface area contributed by atoms with Crippen LogP contribution in [-0.4, -0.2) is 58.3 Å². The van der Waals surface area contributed by atoms with Gasteiger partial charge >= 0.3 is 0 Å². The van der Waals surface area contributed by atoms with E-state index in [0.717, 1.165) is 24.2 Å². The maximum Gasteiger partial charge on any atom is 0.246 e. The number of nitrogens with one attached hydrogen (secondary N) is 1. The van der Waals surface area contributed by atoms with Crippen LogP contribution >= 0.6 is 11.6 Å². The maximum absolute atomic E-state index is 12.9. The third-order valence-electron chi connectivity index (χ3n) is 5.17. The number of rotatable bonds is 4. The monoisotopic (exact) mass is 384 g/mol. The van der Waals surface area contributed by atoms with E-state index in [1.165, 1.54) is 0 Å². The first-order valence-electron chi connectivity index (χ1n) is 9.07. The molecule has 6 nitrogen and oxygen atoms in total. The highest BCUT2D eigenvalue weighted by Gasteiger charge is 2.43. The molecule has 2 aromatic rings. The summed E-state index contributed by atoms with van der Waals surface area (Å²) in [4.78, 5) is 33.5. The van der Waals surface area contributed by atoms with Crippen molar-refractivity contribution in [1.29, 1.82) is 0 Å². The van der Waals surface area contributed by atoms with Crippen LogP contribution in [0.25, 0.3) is 0 Å². The summed E-state index contributed by atoms with van der Waals surface area (Å²) in [5.74, 6) is -0.0777. The van der Waals surface area contributed by atoms with Gasteiger partial charge in [-0.25, -0.2) is 0 Å². The molecule has 0 spiro atoms. The van der Waals surface area contributed by atoms with Gasteiger partial charge in [0.1, 0.15) is 12.1 Å². The van der Waals surface area contributed by atoms with Crippen LogP contribution in [0.2, 0.25) is 5.02 Å². The number of amides is 2. The highest BCUT2D eigenvalue weighted by Crippen LogP contribution is 2.20. The van der Waals surface area contributed by atoms with E-state index in [1.807, 2.05) is 24.3 Å². The van der Waals surface area contributed by atoms with Gasteiger partial charge in [-0.3, -0.25) is 19.5 Å². The number of hydrogen-bond donors (Lipinski definition) is 1. The van der Waals surface area contributed by atoms with Crippen LogP contribution in [-0.2, 0) is 22.6 Å². The Morgan fingerprint density at radius 2 is 1.78 bits per heavy atom. The predicted octanol–water partition coefficient (Wildman–Crippen LogP) is 1.49. The van der Waals surface area contributed by atoms with E-state index in [4.69, 9.17) is 11.6 Å². The number of fused-ring (bicyclic) bond motifs is 1. The number of carbonyl (C=O) groups is 2. The Hall–Kier alpha value is -2.44.